The summed E-state index contributed by atoms with van der Waals surface area (Å²) in [5.41, 5.74) is 8.86. The Kier molecular flexibility index (Phi) is 6.46. The van der Waals surface area contributed by atoms with E-state index in [0.717, 1.165) is 41.1 Å². The minimum absolute atomic E-state index is 0.0441. The molecule has 2 saturated heterocycles. The molecule has 0 bridgehead atoms. The lowest BCUT2D eigenvalue weighted by Crippen LogP contribution is -2.54. The van der Waals surface area contributed by atoms with Gasteiger partial charge in [0.2, 0.25) is 0 Å². The molecular weight excluding hydrogens is 458 g/mol. The highest BCUT2D eigenvalue weighted by Gasteiger charge is 2.34. The fraction of sp³-hybridized carbons (Fsp3) is 0.538. The molecule has 10 heteroatoms. The van der Waals surface area contributed by atoms with E-state index in [0.29, 0.717) is 38.5 Å². The second-order valence-electron chi connectivity index (χ2n) is 10.6. The van der Waals surface area contributed by atoms with Crippen molar-refractivity contribution in [3.05, 3.63) is 36.3 Å². The van der Waals surface area contributed by atoms with Gasteiger partial charge in [0.05, 0.1) is 16.8 Å². The van der Waals surface area contributed by atoms with Gasteiger partial charge in [-0.15, -0.1) is 0 Å². The van der Waals surface area contributed by atoms with Gasteiger partial charge in [-0.1, -0.05) is 6.07 Å². The number of ether oxygens (including phenoxy) is 2. The Morgan fingerprint density at radius 3 is 2.64 bits per heavy atom. The minimum Gasteiger partial charge on any atom is -0.444 e. The average Bonchev–Trinajstić information content (AvgIpc) is 3.24. The molecule has 4 heterocycles. The van der Waals surface area contributed by atoms with Crippen molar-refractivity contribution in [1.29, 1.82) is 0 Å². The smallest absolute Gasteiger partial charge is 0.410 e. The normalized spacial score (nSPS) is 19.6. The fourth-order valence-corrected chi connectivity index (χ4v) is 5.04. The van der Waals surface area contributed by atoms with Crippen LogP contribution in [0.25, 0.3) is 16.7 Å². The molecule has 0 spiro atoms. The number of hydrogen-bond donors (Lipinski definition) is 1. The number of carbonyl (C=O) groups is 1. The van der Waals surface area contributed by atoms with Gasteiger partial charge in [0, 0.05) is 50.5 Å². The molecule has 0 radical (unpaired) electrons. The van der Waals surface area contributed by atoms with E-state index in [1.807, 2.05) is 49.7 Å². The number of rotatable bonds is 3. The Morgan fingerprint density at radius 2 is 1.94 bits per heavy atom. The number of hydrogen-bond acceptors (Lipinski definition) is 8. The van der Waals surface area contributed by atoms with Crippen molar-refractivity contribution in [2.75, 3.05) is 43.5 Å². The van der Waals surface area contributed by atoms with Crippen molar-refractivity contribution < 1.29 is 14.3 Å². The van der Waals surface area contributed by atoms with Crippen LogP contribution in [0.3, 0.4) is 0 Å². The van der Waals surface area contributed by atoms with Crippen LogP contribution in [-0.4, -0.2) is 75.2 Å². The highest BCUT2D eigenvalue weighted by molar-refractivity contribution is 5.91. The molecule has 2 aliphatic heterocycles. The number of anilines is 2. The molecule has 192 valence electrons. The van der Waals surface area contributed by atoms with E-state index in [9.17, 15) is 4.79 Å². The van der Waals surface area contributed by atoms with Gasteiger partial charge in [-0.05, 0) is 58.7 Å². The van der Waals surface area contributed by atoms with Crippen LogP contribution in [0.2, 0.25) is 0 Å². The topological polar surface area (TPSA) is 112 Å². The Morgan fingerprint density at radius 1 is 1.17 bits per heavy atom. The Hall–Kier alpha value is -3.40. The summed E-state index contributed by atoms with van der Waals surface area (Å²) in [5.74, 6) is 1.11. The maximum absolute atomic E-state index is 12.7. The second kappa shape index (κ2) is 9.57. The largest absolute Gasteiger partial charge is 0.444 e. The first kappa shape index (κ1) is 24.3. The number of amides is 1. The zero-order chi connectivity index (χ0) is 25.4. The van der Waals surface area contributed by atoms with Crippen molar-refractivity contribution in [2.24, 2.45) is 0 Å². The van der Waals surface area contributed by atoms with Crippen LogP contribution < -0.4 is 10.6 Å². The molecule has 2 fully saturated rings. The molecule has 1 atom stereocenters. The number of nitrogen functional groups attached to an aromatic ring is 1. The molecule has 1 aromatic carbocycles. The maximum atomic E-state index is 12.7. The van der Waals surface area contributed by atoms with Crippen molar-refractivity contribution >= 4 is 28.6 Å². The fourth-order valence-electron chi connectivity index (χ4n) is 5.04. The lowest BCUT2D eigenvalue weighted by atomic mass is 9.94. The van der Waals surface area contributed by atoms with Crippen LogP contribution in [0.5, 0.6) is 0 Å². The van der Waals surface area contributed by atoms with Crippen molar-refractivity contribution in [3.8, 4) is 5.69 Å². The Balaban J connectivity index is 1.54. The standard InChI is InChI=1S/C26H35N7O3/c1-17-15-31(25(34)36-26(2,3)4)10-11-32(17)23-21-22(18-8-12-35-13-9-18)30-33(24(21)29-16-28-23)20-7-5-6-19(27)14-20/h5-7,14,16-18H,8-13,15,27H2,1-4H3. The molecule has 1 unspecified atom stereocenters. The van der Waals surface area contributed by atoms with Crippen LogP contribution in [0.4, 0.5) is 16.3 Å². The van der Waals surface area contributed by atoms with Gasteiger partial charge in [-0.25, -0.2) is 19.4 Å². The van der Waals surface area contributed by atoms with Crippen LogP contribution in [0.1, 0.15) is 52.1 Å². The zero-order valence-corrected chi connectivity index (χ0v) is 21.5. The number of aromatic nitrogens is 4. The Labute approximate surface area is 211 Å². The van der Waals surface area contributed by atoms with Gasteiger partial charge in [-0.3, -0.25) is 0 Å². The van der Waals surface area contributed by atoms with Gasteiger partial charge in [-0.2, -0.15) is 5.10 Å². The van der Waals surface area contributed by atoms with E-state index in [2.05, 4.69) is 16.8 Å². The summed E-state index contributed by atoms with van der Waals surface area (Å²) in [5, 5.41) is 6.04. The third kappa shape index (κ3) is 4.82. The summed E-state index contributed by atoms with van der Waals surface area (Å²) >= 11 is 0. The molecule has 5 rings (SSSR count). The molecule has 2 N–H and O–H groups in total. The van der Waals surface area contributed by atoms with Crippen molar-refractivity contribution in [3.63, 3.8) is 0 Å². The summed E-state index contributed by atoms with van der Waals surface area (Å²) in [6.07, 6.45) is 3.13. The predicted molar refractivity (Wildman–Crippen MR) is 138 cm³/mol. The first-order valence-corrected chi connectivity index (χ1v) is 12.6. The SMILES string of the molecule is CC1CN(C(=O)OC(C)(C)C)CCN1c1ncnc2c1c(C1CCOCC1)nn2-c1cccc(N)c1. The molecule has 0 aliphatic carbocycles. The van der Waals surface area contributed by atoms with E-state index in [4.69, 9.17) is 25.3 Å². The molecule has 3 aromatic rings. The number of fused-ring (bicyclic) bond motifs is 1. The monoisotopic (exact) mass is 493 g/mol. The van der Waals surface area contributed by atoms with Crippen molar-refractivity contribution in [1.82, 2.24) is 24.6 Å². The zero-order valence-electron chi connectivity index (χ0n) is 21.5. The third-order valence-electron chi connectivity index (χ3n) is 6.75. The van der Waals surface area contributed by atoms with Gasteiger partial charge < -0.3 is 25.0 Å². The summed E-state index contributed by atoms with van der Waals surface area (Å²) in [7, 11) is 0. The molecule has 2 aromatic heterocycles. The van der Waals surface area contributed by atoms with Gasteiger partial charge in [0.15, 0.2) is 5.65 Å². The molecule has 2 aliphatic rings. The van der Waals surface area contributed by atoms with Gasteiger partial charge >= 0.3 is 6.09 Å². The van der Waals surface area contributed by atoms with Crippen LogP contribution >= 0.6 is 0 Å². The van der Waals surface area contributed by atoms with Gasteiger partial charge in [0.25, 0.3) is 0 Å². The highest BCUT2D eigenvalue weighted by Crippen LogP contribution is 2.37. The highest BCUT2D eigenvalue weighted by atomic mass is 16.6. The summed E-state index contributed by atoms with van der Waals surface area (Å²) in [6.45, 7) is 11.0. The quantitative estimate of drug-likeness (QED) is 0.549. The number of nitrogens with zero attached hydrogens (tertiary/aromatic N) is 6. The number of benzene rings is 1. The summed E-state index contributed by atoms with van der Waals surface area (Å²) < 4.78 is 13.1. The minimum atomic E-state index is -0.524. The van der Waals surface area contributed by atoms with E-state index in [1.54, 1.807) is 11.2 Å². The van der Waals surface area contributed by atoms with Crippen LogP contribution in [0.15, 0.2) is 30.6 Å². The molecular formula is C26H35N7O3. The molecule has 36 heavy (non-hydrogen) atoms. The van der Waals surface area contributed by atoms with E-state index in [1.165, 1.54) is 0 Å². The summed E-state index contributed by atoms with van der Waals surface area (Å²) in [6, 6.07) is 7.72. The maximum Gasteiger partial charge on any atom is 0.410 e. The van der Waals surface area contributed by atoms with Crippen LogP contribution in [-0.2, 0) is 9.47 Å². The second-order valence-corrected chi connectivity index (χ2v) is 10.6. The predicted octanol–water partition coefficient (Wildman–Crippen LogP) is 3.74. The number of carbonyl (C=O) groups excluding carboxylic acids is 1. The average molecular weight is 494 g/mol. The lowest BCUT2D eigenvalue weighted by molar-refractivity contribution is 0.0218. The first-order chi connectivity index (χ1) is 17.2. The van der Waals surface area contributed by atoms with Crippen molar-refractivity contribution in [2.45, 2.75) is 58.1 Å². The van der Waals surface area contributed by atoms with Crippen LogP contribution in [0, 0.1) is 0 Å². The first-order valence-electron chi connectivity index (χ1n) is 12.6. The molecule has 1 amide bonds. The third-order valence-corrected chi connectivity index (χ3v) is 6.75. The van der Waals surface area contributed by atoms with E-state index < -0.39 is 5.60 Å². The summed E-state index contributed by atoms with van der Waals surface area (Å²) in [4.78, 5) is 26.2. The number of piperazine rings is 1. The number of nitrogens with two attached hydrogens (primary N) is 1. The van der Waals surface area contributed by atoms with E-state index >= 15 is 0 Å². The van der Waals surface area contributed by atoms with E-state index in [-0.39, 0.29) is 18.1 Å². The molecule has 0 saturated carbocycles. The molecule has 10 nitrogen and oxygen atoms in total. The lowest BCUT2D eigenvalue weighted by Gasteiger charge is -2.41. The Bertz CT molecular complexity index is 1250. The van der Waals surface area contributed by atoms with Gasteiger partial charge in [0.1, 0.15) is 17.7 Å².